The number of carbonyl (C=O) groups is 2. The lowest BCUT2D eigenvalue weighted by atomic mass is 9.79. The zero-order valence-electron chi connectivity index (χ0n) is 23.5. The lowest BCUT2D eigenvalue weighted by Gasteiger charge is -2.43. The minimum absolute atomic E-state index is 0.112. The molecular weight excluding hydrogens is 496 g/mol. The molecule has 2 aliphatic carbocycles. The molecule has 4 N–H and O–H groups in total. The normalized spacial score (nSPS) is 33.2. The van der Waals surface area contributed by atoms with E-state index in [4.69, 9.17) is 20.2 Å². The third-order valence-electron chi connectivity index (χ3n) is 9.07. The summed E-state index contributed by atoms with van der Waals surface area (Å²) in [5.74, 6) is -0.229. The molecule has 0 spiro atoms. The number of hydrogen-bond acceptors (Lipinski definition) is 7. The Kier molecular flexibility index (Phi) is 6.97. The van der Waals surface area contributed by atoms with Crippen molar-refractivity contribution in [2.45, 2.75) is 94.7 Å². The van der Waals surface area contributed by atoms with Crippen LogP contribution in [0.2, 0.25) is 0 Å². The van der Waals surface area contributed by atoms with E-state index in [0.717, 1.165) is 16.7 Å². The number of amides is 2. The van der Waals surface area contributed by atoms with Crippen LogP contribution < -0.4 is 11.1 Å². The smallest absolute Gasteiger partial charge is 0.251 e. The van der Waals surface area contributed by atoms with Crippen molar-refractivity contribution >= 4 is 17.8 Å². The Bertz CT molecular complexity index is 1270. The predicted molar refractivity (Wildman–Crippen MR) is 148 cm³/mol. The molecule has 0 aromatic heterocycles. The summed E-state index contributed by atoms with van der Waals surface area (Å²) in [6.45, 7) is 8.15. The first kappa shape index (κ1) is 27.6. The Morgan fingerprint density at radius 3 is 2.67 bits per heavy atom. The van der Waals surface area contributed by atoms with E-state index < -0.39 is 34.9 Å². The molecule has 2 heterocycles. The van der Waals surface area contributed by atoms with Crippen molar-refractivity contribution in [2.24, 2.45) is 10.7 Å². The summed E-state index contributed by atoms with van der Waals surface area (Å²) < 4.78 is 12.2. The van der Waals surface area contributed by atoms with Crippen molar-refractivity contribution < 1.29 is 24.2 Å². The molecule has 0 saturated carbocycles. The maximum Gasteiger partial charge on any atom is 0.251 e. The van der Waals surface area contributed by atoms with Gasteiger partial charge >= 0.3 is 0 Å². The van der Waals surface area contributed by atoms with Crippen molar-refractivity contribution in [1.82, 2.24) is 10.2 Å². The molecule has 1 fully saturated rings. The van der Waals surface area contributed by atoms with Gasteiger partial charge in [0.2, 0.25) is 5.91 Å². The molecule has 2 amide bonds. The molecular formula is C30H40N4O5. The third-order valence-corrected chi connectivity index (χ3v) is 9.07. The zero-order chi connectivity index (χ0) is 28.2. The second-order valence-corrected chi connectivity index (χ2v) is 11.7. The molecule has 0 radical (unpaired) electrons. The Labute approximate surface area is 230 Å². The minimum Gasteiger partial charge on any atom is -0.390 e. The minimum atomic E-state index is -0.913. The number of benzene rings is 1. The number of nitrogens with two attached hydrogens (primary N) is 1. The molecule has 0 bridgehead atoms. The molecule has 1 aromatic carbocycles. The maximum absolute atomic E-state index is 13.7. The van der Waals surface area contributed by atoms with Gasteiger partial charge in [-0.2, -0.15) is 0 Å². The van der Waals surface area contributed by atoms with Crippen LogP contribution in [0.25, 0.3) is 0 Å². The standard InChI is InChI=1S/C30H40N4O5/c1-6-30(7-2)16-23(36)34(27(31)33-30)25-21-14-19(12-13-28(21,3)39-29(25,4)17-38-5)26(37)32-24-20-11-9-8-10-18(20)15-22(24)35/h8-12,14,22,24-25,35H,6-7,13,15-17H2,1-5H3,(H2,31,33)(H,32,37)/t22-,24-,25+,28?,29+/m1/s1. The molecule has 39 heavy (non-hydrogen) atoms. The van der Waals surface area contributed by atoms with Gasteiger partial charge in [0.15, 0.2) is 5.96 Å². The number of aliphatic hydroxyl groups is 1. The number of aliphatic hydroxyl groups excluding tert-OH is 1. The van der Waals surface area contributed by atoms with Gasteiger partial charge in [-0.15, -0.1) is 0 Å². The molecule has 4 aliphatic rings. The first-order valence-corrected chi connectivity index (χ1v) is 13.8. The molecule has 1 unspecified atom stereocenters. The molecule has 210 valence electrons. The average Bonchev–Trinajstić information content (AvgIpc) is 3.32. The fraction of sp³-hybridized carbons (Fsp3) is 0.567. The molecule has 1 aromatic rings. The van der Waals surface area contributed by atoms with Gasteiger partial charge in [0.05, 0.1) is 42.4 Å². The fourth-order valence-corrected chi connectivity index (χ4v) is 6.87. The Morgan fingerprint density at radius 1 is 1.28 bits per heavy atom. The summed E-state index contributed by atoms with van der Waals surface area (Å²) in [5, 5.41) is 13.7. The fourth-order valence-electron chi connectivity index (χ4n) is 6.87. The highest BCUT2D eigenvalue weighted by molar-refractivity contribution is 6.01. The van der Waals surface area contributed by atoms with Gasteiger partial charge < -0.3 is 25.6 Å². The van der Waals surface area contributed by atoms with Gasteiger partial charge in [-0.3, -0.25) is 14.5 Å². The van der Waals surface area contributed by atoms with E-state index in [1.807, 2.05) is 64.1 Å². The Hall–Kier alpha value is -3.01. The van der Waals surface area contributed by atoms with Crippen LogP contribution in [0.3, 0.4) is 0 Å². The molecule has 1 saturated heterocycles. The summed E-state index contributed by atoms with van der Waals surface area (Å²) in [7, 11) is 1.60. The predicted octanol–water partition coefficient (Wildman–Crippen LogP) is 2.69. The first-order valence-electron chi connectivity index (χ1n) is 13.8. The van der Waals surface area contributed by atoms with E-state index in [1.165, 1.54) is 0 Å². The van der Waals surface area contributed by atoms with Crippen LogP contribution in [0.4, 0.5) is 0 Å². The van der Waals surface area contributed by atoms with Crippen molar-refractivity contribution in [3.05, 3.63) is 58.7 Å². The number of fused-ring (bicyclic) bond motifs is 2. The summed E-state index contributed by atoms with van der Waals surface area (Å²) in [4.78, 5) is 33.6. The number of aliphatic imine (C=N–C) groups is 1. The summed E-state index contributed by atoms with van der Waals surface area (Å²) in [6.07, 6.45) is 5.60. The van der Waals surface area contributed by atoms with E-state index in [0.29, 0.717) is 31.3 Å². The number of carbonyl (C=O) groups excluding carboxylic acids is 2. The van der Waals surface area contributed by atoms with E-state index >= 15 is 0 Å². The number of nitrogens with one attached hydrogen (secondary N) is 1. The van der Waals surface area contributed by atoms with Crippen LogP contribution in [0, 0.1) is 0 Å². The van der Waals surface area contributed by atoms with Crippen molar-refractivity contribution in [2.75, 3.05) is 13.7 Å². The first-order chi connectivity index (χ1) is 18.5. The Balaban J connectivity index is 1.50. The monoisotopic (exact) mass is 536 g/mol. The average molecular weight is 537 g/mol. The summed E-state index contributed by atoms with van der Waals surface area (Å²) in [5.41, 5.74) is 7.56. The van der Waals surface area contributed by atoms with Gasteiger partial charge in [-0.1, -0.05) is 44.2 Å². The third kappa shape index (κ3) is 4.50. The molecule has 5 rings (SSSR count). The SMILES string of the molecule is CCC1(CC)CC(=O)N([C@H]2C3=CC(C(=O)N[C@@H]4c5ccccc5C[C@H]4O)=CCC3(C)O[C@@]2(C)COC)C(N)=N1. The number of nitrogens with zero attached hydrogens (tertiary/aromatic N) is 2. The van der Waals surface area contributed by atoms with Crippen LogP contribution in [-0.4, -0.2) is 70.4 Å². The van der Waals surface area contributed by atoms with Crippen LogP contribution >= 0.6 is 0 Å². The summed E-state index contributed by atoms with van der Waals surface area (Å²) >= 11 is 0. The lowest BCUT2D eigenvalue weighted by Crippen LogP contribution is -2.61. The van der Waals surface area contributed by atoms with Crippen LogP contribution in [0.1, 0.15) is 70.5 Å². The van der Waals surface area contributed by atoms with Crippen LogP contribution in [0.15, 0.2) is 52.6 Å². The van der Waals surface area contributed by atoms with Gasteiger partial charge in [0, 0.05) is 19.1 Å². The lowest BCUT2D eigenvalue weighted by molar-refractivity contribution is -0.143. The molecule has 9 heteroatoms. The van der Waals surface area contributed by atoms with E-state index in [-0.39, 0.29) is 30.8 Å². The number of rotatable bonds is 7. The van der Waals surface area contributed by atoms with Crippen molar-refractivity contribution in [3.8, 4) is 0 Å². The topological polar surface area (TPSA) is 126 Å². The number of hydrogen-bond donors (Lipinski definition) is 3. The summed E-state index contributed by atoms with van der Waals surface area (Å²) in [6, 6.07) is 6.67. The second kappa shape index (κ2) is 9.87. The Morgan fingerprint density at radius 2 is 2.00 bits per heavy atom. The highest BCUT2D eigenvalue weighted by Gasteiger charge is 2.60. The van der Waals surface area contributed by atoms with Gasteiger partial charge in [0.25, 0.3) is 5.91 Å². The highest BCUT2D eigenvalue weighted by atomic mass is 16.6. The quantitative estimate of drug-likeness (QED) is 0.492. The van der Waals surface area contributed by atoms with Crippen molar-refractivity contribution in [3.63, 3.8) is 0 Å². The maximum atomic E-state index is 13.7. The number of methoxy groups -OCH3 is 1. The molecule has 9 nitrogen and oxygen atoms in total. The van der Waals surface area contributed by atoms with Gasteiger partial charge in [-0.05, 0) is 55.9 Å². The second-order valence-electron chi connectivity index (χ2n) is 11.7. The number of ether oxygens (including phenoxy) is 2. The highest BCUT2D eigenvalue weighted by Crippen LogP contribution is 2.50. The van der Waals surface area contributed by atoms with E-state index in [9.17, 15) is 14.7 Å². The van der Waals surface area contributed by atoms with Crippen LogP contribution in [0.5, 0.6) is 0 Å². The largest absolute Gasteiger partial charge is 0.390 e. The van der Waals surface area contributed by atoms with Crippen molar-refractivity contribution in [1.29, 1.82) is 0 Å². The van der Waals surface area contributed by atoms with E-state index in [1.54, 1.807) is 12.0 Å². The van der Waals surface area contributed by atoms with Crippen LogP contribution in [-0.2, 0) is 25.5 Å². The van der Waals surface area contributed by atoms with E-state index in [2.05, 4.69) is 5.32 Å². The van der Waals surface area contributed by atoms with Gasteiger partial charge in [-0.25, -0.2) is 4.99 Å². The molecule has 2 aliphatic heterocycles. The zero-order valence-corrected chi connectivity index (χ0v) is 23.5. The number of guanidine groups is 1. The van der Waals surface area contributed by atoms with Gasteiger partial charge in [0.1, 0.15) is 5.60 Å². The molecule has 5 atom stereocenters.